The van der Waals surface area contributed by atoms with Crippen LogP contribution in [-0.4, -0.2) is 13.2 Å². The van der Waals surface area contributed by atoms with Crippen LogP contribution in [0, 0.1) is 17.2 Å². The van der Waals surface area contributed by atoms with E-state index in [1.807, 2.05) is 18.2 Å². The Balaban J connectivity index is 1.56. The number of allylic oxidation sites excluding steroid dienone is 1. The number of hydrogen-bond acceptors (Lipinski definition) is 2. The van der Waals surface area contributed by atoms with Crippen LogP contribution >= 0.6 is 0 Å². The molecule has 1 saturated carbocycles. The summed E-state index contributed by atoms with van der Waals surface area (Å²) in [4.78, 5) is 0. The molecule has 0 N–H and O–H groups in total. The molecular weight excluding hydrogens is 294 g/mol. The third-order valence-corrected chi connectivity index (χ3v) is 5.16. The summed E-state index contributed by atoms with van der Waals surface area (Å²) in [7, 11) is 0. The Morgan fingerprint density at radius 2 is 1.75 bits per heavy atom. The van der Waals surface area contributed by atoms with Gasteiger partial charge in [0.1, 0.15) is 0 Å². The number of hydrogen-bond donors (Lipinski definition) is 0. The molecule has 0 unspecified atom stereocenters. The first-order chi connectivity index (χ1) is 11.8. The molecule has 130 valence electrons. The van der Waals surface area contributed by atoms with Crippen molar-refractivity contribution < 1.29 is 4.74 Å². The summed E-state index contributed by atoms with van der Waals surface area (Å²) in [5.41, 5.74) is 2.15. The van der Waals surface area contributed by atoms with E-state index in [1.165, 1.54) is 56.9 Å². The fraction of sp³-hybridized carbons (Fsp3) is 0.591. The summed E-state index contributed by atoms with van der Waals surface area (Å²) in [6, 6.07) is 10.3. The minimum atomic E-state index is 0.666. The van der Waals surface area contributed by atoms with Gasteiger partial charge in [-0.05, 0) is 74.5 Å². The molecule has 0 heterocycles. The Kier molecular flexibility index (Phi) is 8.63. The smallest absolute Gasteiger partial charge is 0.0991 e. The molecule has 1 aromatic carbocycles. The van der Waals surface area contributed by atoms with Gasteiger partial charge in [0, 0.05) is 13.2 Å². The Bertz CT molecular complexity index is 506. The SMILES string of the molecule is C=CCCCCCCOC[C@H]1CC[C@H](c2ccc(C#N)cc2)CC1. The molecular formula is C22H31NO. The van der Waals surface area contributed by atoms with Crippen LogP contribution in [0.15, 0.2) is 36.9 Å². The lowest BCUT2D eigenvalue weighted by atomic mass is 9.79. The van der Waals surface area contributed by atoms with E-state index in [-0.39, 0.29) is 0 Å². The molecule has 0 bridgehead atoms. The molecule has 0 aromatic heterocycles. The maximum absolute atomic E-state index is 8.88. The summed E-state index contributed by atoms with van der Waals surface area (Å²) in [6.07, 6.45) is 13.2. The molecule has 2 heteroatoms. The Morgan fingerprint density at radius 1 is 1.04 bits per heavy atom. The highest BCUT2D eigenvalue weighted by Gasteiger charge is 2.22. The molecule has 0 amide bonds. The molecule has 1 aliphatic carbocycles. The van der Waals surface area contributed by atoms with Gasteiger partial charge in [0.15, 0.2) is 0 Å². The van der Waals surface area contributed by atoms with Crippen molar-refractivity contribution in [2.45, 2.75) is 63.7 Å². The lowest BCUT2D eigenvalue weighted by molar-refractivity contribution is 0.0800. The summed E-state index contributed by atoms with van der Waals surface area (Å²) in [5.74, 6) is 1.40. The second-order valence-corrected chi connectivity index (χ2v) is 7.02. The van der Waals surface area contributed by atoms with Crippen molar-refractivity contribution in [1.29, 1.82) is 5.26 Å². The highest BCUT2D eigenvalue weighted by atomic mass is 16.5. The van der Waals surface area contributed by atoms with E-state index < -0.39 is 0 Å². The van der Waals surface area contributed by atoms with Gasteiger partial charge >= 0.3 is 0 Å². The van der Waals surface area contributed by atoms with Crippen molar-refractivity contribution in [3.8, 4) is 6.07 Å². The van der Waals surface area contributed by atoms with E-state index in [9.17, 15) is 0 Å². The summed E-state index contributed by atoms with van der Waals surface area (Å²) in [5, 5.41) is 8.88. The van der Waals surface area contributed by atoms with Gasteiger partial charge in [-0.1, -0.05) is 31.1 Å². The molecule has 24 heavy (non-hydrogen) atoms. The van der Waals surface area contributed by atoms with E-state index in [1.54, 1.807) is 0 Å². The zero-order valence-electron chi connectivity index (χ0n) is 14.9. The molecule has 2 rings (SSSR count). The Morgan fingerprint density at radius 3 is 2.42 bits per heavy atom. The largest absolute Gasteiger partial charge is 0.381 e. The van der Waals surface area contributed by atoms with Crippen molar-refractivity contribution >= 4 is 0 Å². The minimum Gasteiger partial charge on any atom is -0.381 e. The van der Waals surface area contributed by atoms with E-state index in [0.29, 0.717) is 5.92 Å². The van der Waals surface area contributed by atoms with Crippen molar-refractivity contribution in [3.63, 3.8) is 0 Å². The van der Waals surface area contributed by atoms with E-state index in [0.717, 1.165) is 31.1 Å². The number of benzene rings is 1. The third-order valence-electron chi connectivity index (χ3n) is 5.16. The topological polar surface area (TPSA) is 33.0 Å². The molecule has 0 spiro atoms. The highest BCUT2D eigenvalue weighted by molar-refractivity contribution is 5.33. The van der Waals surface area contributed by atoms with Gasteiger partial charge < -0.3 is 4.74 Å². The van der Waals surface area contributed by atoms with Crippen molar-refractivity contribution in [2.24, 2.45) is 5.92 Å². The first-order valence-electron chi connectivity index (χ1n) is 9.52. The van der Waals surface area contributed by atoms with E-state index in [2.05, 4.69) is 24.8 Å². The molecule has 1 aromatic rings. The third kappa shape index (κ3) is 6.49. The van der Waals surface area contributed by atoms with Gasteiger partial charge in [-0.15, -0.1) is 6.58 Å². The Labute approximate surface area is 147 Å². The lowest BCUT2D eigenvalue weighted by Gasteiger charge is -2.28. The quantitative estimate of drug-likeness (QED) is 0.391. The van der Waals surface area contributed by atoms with Crippen LogP contribution in [0.5, 0.6) is 0 Å². The number of rotatable bonds is 10. The summed E-state index contributed by atoms with van der Waals surface area (Å²) in [6.45, 7) is 5.61. The molecule has 0 radical (unpaired) electrons. The Hall–Kier alpha value is -1.59. The normalized spacial score (nSPS) is 20.5. The lowest BCUT2D eigenvalue weighted by Crippen LogP contribution is -2.18. The summed E-state index contributed by atoms with van der Waals surface area (Å²) >= 11 is 0. The van der Waals surface area contributed by atoms with Crippen LogP contribution in [-0.2, 0) is 4.74 Å². The van der Waals surface area contributed by atoms with Crippen LogP contribution in [0.1, 0.15) is 74.8 Å². The van der Waals surface area contributed by atoms with Gasteiger partial charge in [-0.2, -0.15) is 5.26 Å². The van der Waals surface area contributed by atoms with Gasteiger partial charge in [-0.25, -0.2) is 0 Å². The minimum absolute atomic E-state index is 0.666. The van der Waals surface area contributed by atoms with Crippen LogP contribution in [0.25, 0.3) is 0 Å². The number of unbranched alkanes of at least 4 members (excludes halogenated alkanes) is 4. The second-order valence-electron chi connectivity index (χ2n) is 7.02. The predicted molar refractivity (Wildman–Crippen MR) is 100.0 cm³/mol. The zero-order valence-corrected chi connectivity index (χ0v) is 14.9. The van der Waals surface area contributed by atoms with Crippen LogP contribution in [0.4, 0.5) is 0 Å². The average Bonchev–Trinajstić information content (AvgIpc) is 2.64. The van der Waals surface area contributed by atoms with E-state index >= 15 is 0 Å². The first kappa shape index (κ1) is 18.7. The van der Waals surface area contributed by atoms with Gasteiger partial charge in [0.2, 0.25) is 0 Å². The summed E-state index contributed by atoms with van der Waals surface area (Å²) < 4.78 is 5.89. The predicted octanol–water partition coefficient (Wildman–Crippen LogP) is 5.99. The molecule has 0 aliphatic heterocycles. The van der Waals surface area contributed by atoms with Crippen molar-refractivity contribution in [2.75, 3.05) is 13.2 Å². The number of ether oxygens (including phenoxy) is 1. The fourth-order valence-corrected chi connectivity index (χ4v) is 3.59. The standard InChI is InChI=1S/C22H31NO/c1-2-3-4-5-6-7-16-24-18-20-10-14-22(15-11-20)21-12-8-19(17-23)9-13-21/h2,8-9,12-13,20,22H,1,3-7,10-11,14-16,18H2/t20-,22-. The highest BCUT2D eigenvalue weighted by Crippen LogP contribution is 2.35. The van der Waals surface area contributed by atoms with Crippen molar-refractivity contribution in [3.05, 3.63) is 48.0 Å². The monoisotopic (exact) mass is 325 g/mol. The van der Waals surface area contributed by atoms with Crippen LogP contribution < -0.4 is 0 Å². The molecule has 1 aliphatic rings. The average molecular weight is 325 g/mol. The van der Waals surface area contributed by atoms with E-state index in [4.69, 9.17) is 10.00 Å². The maximum Gasteiger partial charge on any atom is 0.0991 e. The van der Waals surface area contributed by atoms with Crippen LogP contribution in [0.2, 0.25) is 0 Å². The van der Waals surface area contributed by atoms with Gasteiger partial charge in [-0.3, -0.25) is 0 Å². The molecule has 2 nitrogen and oxygen atoms in total. The molecule has 0 atom stereocenters. The number of nitriles is 1. The van der Waals surface area contributed by atoms with Crippen molar-refractivity contribution in [1.82, 2.24) is 0 Å². The zero-order chi connectivity index (χ0) is 17.0. The molecule has 0 saturated heterocycles. The number of nitrogens with zero attached hydrogens (tertiary/aromatic N) is 1. The molecule has 1 fully saturated rings. The maximum atomic E-state index is 8.88. The first-order valence-corrected chi connectivity index (χ1v) is 9.52. The van der Waals surface area contributed by atoms with Gasteiger partial charge in [0.05, 0.1) is 11.6 Å². The van der Waals surface area contributed by atoms with Gasteiger partial charge in [0.25, 0.3) is 0 Å². The fourth-order valence-electron chi connectivity index (χ4n) is 3.59. The van der Waals surface area contributed by atoms with Crippen LogP contribution in [0.3, 0.4) is 0 Å². The second kappa shape index (κ2) is 11.0.